The van der Waals surface area contributed by atoms with Gasteiger partial charge in [0.25, 0.3) is 0 Å². The Morgan fingerprint density at radius 3 is 1.58 bits per heavy atom. The predicted molar refractivity (Wildman–Crippen MR) is 268 cm³/mol. The van der Waals surface area contributed by atoms with E-state index in [9.17, 15) is 0 Å². The quantitative estimate of drug-likeness (QED) is 0.165. The van der Waals surface area contributed by atoms with Gasteiger partial charge in [0.15, 0.2) is 0 Å². The second-order valence-corrected chi connectivity index (χ2v) is 16.6. The maximum absolute atomic E-state index is 6.80. The van der Waals surface area contributed by atoms with E-state index in [4.69, 9.17) is 14.4 Å². The van der Waals surface area contributed by atoms with Crippen molar-refractivity contribution in [3.63, 3.8) is 0 Å². The van der Waals surface area contributed by atoms with E-state index >= 15 is 0 Å². The van der Waals surface area contributed by atoms with E-state index in [2.05, 4.69) is 195 Å². The molecule has 0 fully saturated rings. The highest BCUT2D eigenvalue weighted by atomic mass is 16.4. The van der Waals surface area contributed by atoms with Crippen LogP contribution < -0.4 is 0 Å². The molecule has 0 saturated carbocycles. The third-order valence-electron chi connectivity index (χ3n) is 12.6. The standard InChI is InChI=1S/C59H38N6O/c1-5-16-38(17-6-1)47-36-48(39-18-7-2-8-19-39)61-59(60-47)65-51-27-14-13-26-45(51)57-53(65)31-30-52-58(57)46-29-28-43(35-54(46)64(52)56-33-32-55(66-56)41-22-11-4-12-23-41)42-24-15-25-44(34-42)50-37-49(62-63-50)40-20-9-3-10-21-40/h1-37H,(H,62,63). The van der Waals surface area contributed by atoms with Crippen LogP contribution in [0.4, 0.5) is 0 Å². The first-order valence-corrected chi connectivity index (χ1v) is 22.1. The van der Waals surface area contributed by atoms with Crippen molar-refractivity contribution in [1.29, 1.82) is 0 Å². The number of aromatic nitrogens is 6. The molecule has 0 atom stereocenters. The molecule has 13 aromatic rings. The van der Waals surface area contributed by atoms with E-state index in [1.54, 1.807) is 0 Å². The zero-order valence-corrected chi connectivity index (χ0v) is 35.5. The average Bonchev–Trinajstić information content (AvgIpc) is 4.21. The molecule has 0 aliphatic rings. The monoisotopic (exact) mass is 846 g/mol. The Labute approximate surface area is 379 Å². The smallest absolute Gasteiger partial charge is 0.235 e. The molecule has 0 saturated heterocycles. The van der Waals surface area contributed by atoms with Gasteiger partial charge in [-0.2, -0.15) is 5.10 Å². The van der Waals surface area contributed by atoms with Gasteiger partial charge in [0.1, 0.15) is 5.76 Å². The second kappa shape index (κ2) is 15.3. The van der Waals surface area contributed by atoms with Gasteiger partial charge in [-0.15, -0.1) is 0 Å². The third kappa shape index (κ3) is 6.25. The second-order valence-electron chi connectivity index (χ2n) is 16.6. The summed E-state index contributed by atoms with van der Waals surface area (Å²) in [5.41, 5.74) is 15.1. The molecule has 1 N–H and O–H groups in total. The number of hydrogen-bond acceptors (Lipinski definition) is 4. The Kier molecular flexibility index (Phi) is 8.70. The van der Waals surface area contributed by atoms with E-state index in [1.165, 1.54) is 0 Å². The number of rotatable bonds is 8. The first-order valence-electron chi connectivity index (χ1n) is 22.1. The molecule has 0 amide bonds. The Bertz CT molecular complexity index is 3860. The van der Waals surface area contributed by atoms with Crippen LogP contribution in [0.2, 0.25) is 0 Å². The van der Waals surface area contributed by atoms with Gasteiger partial charge in [0.2, 0.25) is 11.8 Å². The number of nitrogens with one attached hydrogen (secondary N) is 1. The minimum atomic E-state index is 0.610. The molecule has 0 unspecified atom stereocenters. The van der Waals surface area contributed by atoms with Gasteiger partial charge >= 0.3 is 0 Å². The van der Waals surface area contributed by atoms with Gasteiger partial charge in [-0.05, 0) is 59.7 Å². The fraction of sp³-hybridized carbons (Fsp3) is 0. The lowest BCUT2D eigenvalue weighted by atomic mass is 9.99. The summed E-state index contributed by atoms with van der Waals surface area (Å²) in [6, 6.07) is 78.1. The predicted octanol–water partition coefficient (Wildman–Crippen LogP) is 15.0. The van der Waals surface area contributed by atoms with Crippen LogP contribution in [-0.4, -0.2) is 29.3 Å². The van der Waals surface area contributed by atoms with Crippen molar-refractivity contribution in [2.75, 3.05) is 0 Å². The number of fused-ring (bicyclic) bond motifs is 7. The highest BCUT2D eigenvalue weighted by Gasteiger charge is 2.24. The summed E-state index contributed by atoms with van der Waals surface area (Å²) in [6.45, 7) is 0. The SMILES string of the molecule is c1ccc(-c2cc(-c3cccc(-c4ccc5c6c7c8ccccc8n(-c8nc(-c9ccccc9)cc(-c9ccccc9)n8)c7ccc6n(-c6ccc(-c7ccccc7)o6)c5c4)c3)[nH]n2)cc1. The highest BCUT2D eigenvalue weighted by molar-refractivity contribution is 6.29. The normalized spacial score (nSPS) is 11.6. The summed E-state index contributed by atoms with van der Waals surface area (Å²) in [5.74, 6) is 2.15. The van der Waals surface area contributed by atoms with Crippen LogP contribution in [0.3, 0.4) is 0 Å². The molecule has 0 bridgehead atoms. The minimum absolute atomic E-state index is 0.610. The van der Waals surface area contributed by atoms with Crippen molar-refractivity contribution in [1.82, 2.24) is 29.3 Å². The van der Waals surface area contributed by atoms with Crippen molar-refractivity contribution in [2.45, 2.75) is 0 Å². The number of aromatic amines is 1. The number of hydrogen-bond donors (Lipinski definition) is 1. The molecule has 8 aromatic carbocycles. The first-order chi connectivity index (χ1) is 32.7. The summed E-state index contributed by atoms with van der Waals surface area (Å²) in [5, 5.41) is 12.4. The summed E-state index contributed by atoms with van der Waals surface area (Å²) < 4.78 is 11.3. The number of H-pyrrole nitrogens is 1. The van der Waals surface area contributed by atoms with Crippen molar-refractivity contribution >= 4 is 43.6 Å². The van der Waals surface area contributed by atoms with E-state index in [1.807, 2.05) is 48.5 Å². The van der Waals surface area contributed by atoms with E-state index in [0.29, 0.717) is 5.95 Å². The molecule has 7 nitrogen and oxygen atoms in total. The summed E-state index contributed by atoms with van der Waals surface area (Å²) in [6.07, 6.45) is 0. The minimum Gasteiger partial charge on any atom is -0.440 e. The number of benzene rings is 8. The Morgan fingerprint density at radius 1 is 0.348 bits per heavy atom. The van der Waals surface area contributed by atoms with Crippen molar-refractivity contribution in [2.24, 2.45) is 0 Å². The Morgan fingerprint density at radius 2 is 0.894 bits per heavy atom. The van der Waals surface area contributed by atoms with Gasteiger partial charge in [-0.25, -0.2) is 9.97 Å². The molecular formula is C59H38N6O. The molecule has 0 radical (unpaired) electrons. The van der Waals surface area contributed by atoms with Crippen LogP contribution in [0, 0.1) is 0 Å². The number of furan rings is 1. The third-order valence-corrected chi connectivity index (χ3v) is 12.6. The summed E-state index contributed by atoms with van der Waals surface area (Å²) in [7, 11) is 0. The summed E-state index contributed by atoms with van der Waals surface area (Å²) in [4.78, 5) is 10.6. The van der Waals surface area contributed by atoms with Gasteiger partial charge < -0.3 is 4.42 Å². The molecular weight excluding hydrogens is 809 g/mol. The van der Waals surface area contributed by atoms with Crippen LogP contribution in [0.15, 0.2) is 229 Å². The largest absolute Gasteiger partial charge is 0.440 e. The molecule has 5 heterocycles. The molecule has 310 valence electrons. The van der Waals surface area contributed by atoms with E-state index in [0.717, 1.165) is 117 Å². The topological polar surface area (TPSA) is 77.5 Å². The van der Waals surface area contributed by atoms with Gasteiger partial charge in [0.05, 0.1) is 44.8 Å². The van der Waals surface area contributed by atoms with Crippen molar-refractivity contribution < 1.29 is 4.42 Å². The zero-order valence-electron chi connectivity index (χ0n) is 35.5. The number of para-hydroxylation sites is 1. The summed E-state index contributed by atoms with van der Waals surface area (Å²) >= 11 is 0. The molecule has 13 rings (SSSR count). The molecule has 0 spiro atoms. The van der Waals surface area contributed by atoms with Crippen LogP contribution in [-0.2, 0) is 0 Å². The Hall–Kier alpha value is -9.07. The van der Waals surface area contributed by atoms with E-state index < -0.39 is 0 Å². The van der Waals surface area contributed by atoms with Crippen LogP contribution in [0.25, 0.3) is 123 Å². The van der Waals surface area contributed by atoms with Gasteiger partial charge in [0, 0.05) is 55.4 Å². The van der Waals surface area contributed by atoms with Gasteiger partial charge in [-0.1, -0.05) is 170 Å². The van der Waals surface area contributed by atoms with Gasteiger partial charge in [-0.3, -0.25) is 14.2 Å². The van der Waals surface area contributed by atoms with Crippen LogP contribution >= 0.6 is 0 Å². The Balaban J connectivity index is 1.04. The van der Waals surface area contributed by atoms with E-state index in [-0.39, 0.29) is 0 Å². The zero-order chi connectivity index (χ0) is 43.6. The fourth-order valence-corrected chi connectivity index (χ4v) is 9.54. The maximum atomic E-state index is 6.80. The maximum Gasteiger partial charge on any atom is 0.235 e. The number of nitrogens with zero attached hydrogens (tertiary/aromatic N) is 5. The van der Waals surface area contributed by atoms with Crippen molar-refractivity contribution in [3.05, 3.63) is 224 Å². The fourth-order valence-electron chi connectivity index (χ4n) is 9.54. The lowest BCUT2D eigenvalue weighted by molar-refractivity contribution is 0.560. The van der Waals surface area contributed by atoms with Crippen LogP contribution in [0.1, 0.15) is 0 Å². The molecule has 7 heteroatoms. The molecule has 0 aliphatic carbocycles. The molecule has 0 aliphatic heterocycles. The van der Waals surface area contributed by atoms with Crippen molar-refractivity contribution in [3.8, 4) is 79.3 Å². The lowest BCUT2D eigenvalue weighted by Crippen LogP contribution is -2.04. The van der Waals surface area contributed by atoms with Crippen LogP contribution in [0.5, 0.6) is 0 Å². The molecule has 66 heavy (non-hydrogen) atoms. The first kappa shape index (κ1) is 37.5. The lowest BCUT2D eigenvalue weighted by Gasteiger charge is -2.12. The average molecular weight is 847 g/mol. The molecule has 5 aromatic heterocycles. The highest BCUT2D eigenvalue weighted by Crippen LogP contribution is 2.44.